The summed E-state index contributed by atoms with van der Waals surface area (Å²) in [5.74, 6) is 0.852. The van der Waals surface area contributed by atoms with Gasteiger partial charge < -0.3 is 5.32 Å². The van der Waals surface area contributed by atoms with Crippen LogP contribution in [0.15, 0.2) is 0 Å². The maximum absolute atomic E-state index is 3.88. The lowest BCUT2D eigenvalue weighted by Crippen LogP contribution is -2.44. The standard InChI is InChI=1S/C15H31N/c1-6-13(7-2)12(3)16-14-9-8-10-15(4,5)11-14/h12-14,16H,6-11H2,1-5H3. The fourth-order valence-corrected chi connectivity index (χ4v) is 3.34. The molecule has 1 aliphatic rings. The summed E-state index contributed by atoms with van der Waals surface area (Å²) < 4.78 is 0. The summed E-state index contributed by atoms with van der Waals surface area (Å²) >= 11 is 0. The van der Waals surface area contributed by atoms with Crippen molar-refractivity contribution < 1.29 is 0 Å². The first-order valence-corrected chi connectivity index (χ1v) is 7.24. The van der Waals surface area contributed by atoms with Crippen LogP contribution in [0.4, 0.5) is 0 Å². The van der Waals surface area contributed by atoms with Gasteiger partial charge in [-0.3, -0.25) is 0 Å². The highest BCUT2D eigenvalue weighted by atomic mass is 15.0. The first kappa shape index (κ1) is 14.0. The molecule has 1 heteroatoms. The minimum Gasteiger partial charge on any atom is -0.311 e. The molecule has 1 saturated carbocycles. The third-order valence-electron chi connectivity index (χ3n) is 4.46. The van der Waals surface area contributed by atoms with Crippen molar-refractivity contribution in [2.75, 3.05) is 0 Å². The third-order valence-corrected chi connectivity index (χ3v) is 4.46. The van der Waals surface area contributed by atoms with Gasteiger partial charge in [0.2, 0.25) is 0 Å². The lowest BCUT2D eigenvalue weighted by molar-refractivity contribution is 0.178. The summed E-state index contributed by atoms with van der Waals surface area (Å²) in [6, 6.07) is 1.45. The minimum absolute atomic E-state index is 0.559. The fraction of sp³-hybridized carbons (Fsp3) is 1.00. The van der Waals surface area contributed by atoms with Crippen LogP contribution in [-0.4, -0.2) is 12.1 Å². The first-order valence-electron chi connectivity index (χ1n) is 7.24. The van der Waals surface area contributed by atoms with E-state index in [4.69, 9.17) is 0 Å². The second-order valence-electron chi connectivity index (χ2n) is 6.49. The van der Waals surface area contributed by atoms with E-state index in [-0.39, 0.29) is 0 Å². The molecular formula is C15H31N. The van der Waals surface area contributed by atoms with Crippen molar-refractivity contribution >= 4 is 0 Å². The van der Waals surface area contributed by atoms with Gasteiger partial charge in [-0.2, -0.15) is 0 Å². The van der Waals surface area contributed by atoms with Crippen molar-refractivity contribution in [3.63, 3.8) is 0 Å². The summed E-state index contributed by atoms with van der Waals surface area (Å²) in [7, 11) is 0. The monoisotopic (exact) mass is 225 g/mol. The molecule has 0 radical (unpaired) electrons. The quantitative estimate of drug-likeness (QED) is 0.732. The van der Waals surface area contributed by atoms with Crippen molar-refractivity contribution in [3.05, 3.63) is 0 Å². The van der Waals surface area contributed by atoms with Gasteiger partial charge in [0.15, 0.2) is 0 Å². The van der Waals surface area contributed by atoms with Gasteiger partial charge in [-0.05, 0) is 37.5 Å². The molecule has 0 aliphatic heterocycles. The van der Waals surface area contributed by atoms with Crippen LogP contribution < -0.4 is 5.32 Å². The van der Waals surface area contributed by atoms with Gasteiger partial charge >= 0.3 is 0 Å². The largest absolute Gasteiger partial charge is 0.311 e. The molecule has 1 fully saturated rings. The summed E-state index contributed by atoms with van der Waals surface area (Å²) in [5, 5.41) is 3.88. The topological polar surface area (TPSA) is 12.0 Å². The van der Waals surface area contributed by atoms with Crippen LogP contribution in [0.2, 0.25) is 0 Å². The lowest BCUT2D eigenvalue weighted by Gasteiger charge is -2.38. The molecule has 0 saturated heterocycles. The smallest absolute Gasteiger partial charge is 0.00747 e. The van der Waals surface area contributed by atoms with Crippen LogP contribution in [-0.2, 0) is 0 Å². The Morgan fingerprint density at radius 2 is 1.88 bits per heavy atom. The van der Waals surface area contributed by atoms with Gasteiger partial charge in [0.1, 0.15) is 0 Å². The van der Waals surface area contributed by atoms with Crippen LogP contribution in [0.1, 0.15) is 73.1 Å². The molecule has 0 spiro atoms. The van der Waals surface area contributed by atoms with E-state index in [0.717, 1.165) is 12.0 Å². The molecule has 2 atom stereocenters. The summed E-state index contributed by atoms with van der Waals surface area (Å²) in [6.45, 7) is 11.8. The van der Waals surface area contributed by atoms with Crippen LogP contribution in [0, 0.1) is 11.3 Å². The minimum atomic E-state index is 0.559. The zero-order valence-electron chi connectivity index (χ0n) is 12.0. The van der Waals surface area contributed by atoms with E-state index in [1.54, 1.807) is 0 Å². The lowest BCUT2D eigenvalue weighted by atomic mass is 9.75. The Bertz CT molecular complexity index is 194. The van der Waals surface area contributed by atoms with E-state index in [1.807, 2.05) is 0 Å². The molecule has 0 aromatic carbocycles. The Hall–Kier alpha value is -0.0400. The Morgan fingerprint density at radius 3 is 2.38 bits per heavy atom. The highest BCUT2D eigenvalue weighted by Gasteiger charge is 2.29. The number of hydrogen-bond donors (Lipinski definition) is 1. The average molecular weight is 225 g/mol. The molecule has 0 amide bonds. The maximum Gasteiger partial charge on any atom is 0.00747 e. The fourth-order valence-electron chi connectivity index (χ4n) is 3.34. The zero-order valence-corrected chi connectivity index (χ0v) is 12.0. The van der Waals surface area contributed by atoms with Gasteiger partial charge in [0.05, 0.1) is 0 Å². The SMILES string of the molecule is CCC(CC)C(C)NC1CCCC(C)(C)C1. The van der Waals surface area contributed by atoms with Gasteiger partial charge in [-0.25, -0.2) is 0 Å². The van der Waals surface area contributed by atoms with Crippen molar-refractivity contribution in [2.45, 2.75) is 85.2 Å². The predicted molar refractivity (Wildman–Crippen MR) is 72.7 cm³/mol. The van der Waals surface area contributed by atoms with Crippen molar-refractivity contribution in [2.24, 2.45) is 11.3 Å². The second-order valence-corrected chi connectivity index (χ2v) is 6.49. The predicted octanol–water partition coefficient (Wildman–Crippen LogP) is 4.37. The molecule has 0 aromatic rings. The Balaban J connectivity index is 2.41. The van der Waals surface area contributed by atoms with E-state index in [2.05, 4.69) is 39.9 Å². The molecule has 1 rings (SSSR count). The second kappa shape index (κ2) is 6.05. The zero-order chi connectivity index (χ0) is 12.2. The molecule has 1 N–H and O–H groups in total. The van der Waals surface area contributed by atoms with E-state index >= 15 is 0 Å². The molecule has 96 valence electrons. The van der Waals surface area contributed by atoms with E-state index < -0.39 is 0 Å². The van der Waals surface area contributed by atoms with Crippen LogP contribution in [0.5, 0.6) is 0 Å². The Kier molecular flexibility index (Phi) is 5.30. The van der Waals surface area contributed by atoms with E-state index in [0.29, 0.717) is 11.5 Å². The Labute approximate surface area is 102 Å². The van der Waals surface area contributed by atoms with Crippen molar-refractivity contribution in [3.8, 4) is 0 Å². The maximum atomic E-state index is 3.88. The third kappa shape index (κ3) is 4.08. The number of rotatable bonds is 5. The molecule has 16 heavy (non-hydrogen) atoms. The summed E-state index contributed by atoms with van der Waals surface area (Å²) in [5.41, 5.74) is 0.559. The van der Waals surface area contributed by atoms with Gasteiger partial charge in [-0.15, -0.1) is 0 Å². The summed E-state index contributed by atoms with van der Waals surface area (Å²) in [4.78, 5) is 0. The molecule has 1 aliphatic carbocycles. The van der Waals surface area contributed by atoms with Gasteiger partial charge in [0.25, 0.3) is 0 Å². The molecule has 0 aromatic heterocycles. The molecule has 0 bridgehead atoms. The van der Waals surface area contributed by atoms with Crippen LogP contribution >= 0.6 is 0 Å². The van der Waals surface area contributed by atoms with Gasteiger partial charge in [-0.1, -0.05) is 47.0 Å². The highest BCUT2D eigenvalue weighted by Crippen LogP contribution is 2.35. The normalized spacial score (nSPS) is 27.0. The van der Waals surface area contributed by atoms with Crippen molar-refractivity contribution in [1.29, 1.82) is 0 Å². The molecule has 0 heterocycles. The van der Waals surface area contributed by atoms with Crippen LogP contribution in [0.25, 0.3) is 0 Å². The van der Waals surface area contributed by atoms with E-state index in [9.17, 15) is 0 Å². The van der Waals surface area contributed by atoms with E-state index in [1.165, 1.54) is 38.5 Å². The highest BCUT2D eigenvalue weighted by molar-refractivity contribution is 4.85. The van der Waals surface area contributed by atoms with Crippen LogP contribution in [0.3, 0.4) is 0 Å². The van der Waals surface area contributed by atoms with Gasteiger partial charge in [0, 0.05) is 12.1 Å². The number of nitrogens with one attached hydrogen (secondary N) is 1. The summed E-state index contributed by atoms with van der Waals surface area (Å²) in [6.07, 6.45) is 8.16. The molecular weight excluding hydrogens is 194 g/mol. The van der Waals surface area contributed by atoms with Crippen molar-refractivity contribution in [1.82, 2.24) is 5.32 Å². The molecule has 1 nitrogen and oxygen atoms in total. The first-order chi connectivity index (χ1) is 7.48. The average Bonchev–Trinajstić information content (AvgIpc) is 2.17. The number of hydrogen-bond acceptors (Lipinski definition) is 1. The molecule has 2 unspecified atom stereocenters. The Morgan fingerprint density at radius 1 is 1.25 bits per heavy atom.